The average molecular weight is 448 g/mol. The van der Waals surface area contributed by atoms with Crippen molar-refractivity contribution in [3.8, 4) is 0 Å². The normalized spacial score (nSPS) is 10.6. The molecule has 0 fully saturated rings. The fourth-order valence-corrected chi connectivity index (χ4v) is 3.73. The molecule has 0 aliphatic heterocycles. The van der Waals surface area contributed by atoms with E-state index in [1.54, 1.807) is 13.8 Å². The highest BCUT2D eigenvalue weighted by Gasteiger charge is 2.21. The number of anilines is 2. The lowest BCUT2D eigenvalue weighted by Gasteiger charge is -2.10. The van der Waals surface area contributed by atoms with E-state index in [0.717, 1.165) is 0 Å². The number of amides is 2. The molecule has 0 bridgehead atoms. The van der Waals surface area contributed by atoms with Crippen molar-refractivity contribution >= 4 is 45.0 Å². The molecule has 2 aromatic carbocycles. The van der Waals surface area contributed by atoms with E-state index in [4.69, 9.17) is 0 Å². The van der Waals surface area contributed by atoms with Crippen molar-refractivity contribution in [2.75, 3.05) is 23.8 Å². The summed E-state index contributed by atoms with van der Waals surface area (Å²) in [5.41, 5.74) is 0.150. The molecule has 0 unspecified atom stereocenters. The zero-order valence-electron chi connectivity index (χ0n) is 16.7. The number of ether oxygens (including phenoxy) is 2. The maximum atomic E-state index is 13.0. The van der Waals surface area contributed by atoms with Crippen molar-refractivity contribution in [1.82, 2.24) is 0 Å². The number of sulfone groups is 1. The number of esters is 2. The van der Waals surface area contributed by atoms with Crippen molar-refractivity contribution in [2.45, 2.75) is 23.6 Å². The lowest BCUT2D eigenvalue weighted by molar-refractivity contribution is -0.152. The molecule has 164 valence electrons. The van der Waals surface area contributed by atoms with Crippen LogP contribution in [0.25, 0.3) is 0 Å². The summed E-state index contributed by atoms with van der Waals surface area (Å²) in [6, 6.07) is 10.6. The van der Waals surface area contributed by atoms with Gasteiger partial charge in [0.25, 0.3) is 0 Å². The van der Waals surface area contributed by atoms with Crippen LogP contribution in [0.15, 0.2) is 58.3 Å². The zero-order chi connectivity index (χ0) is 23.0. The minimum atomic E-state index is -4.05. The molecule has 0 spiro atoms. The van der Waals surface area contributed by atoms with E-state index in [9.17, 15) is 27.6 Å². The Hall–Kier alpha value is -3.73. The Morgan fingerprint density at radius 3 is 1.48 bits per heavy atom. The fraction of sp³-hybridized carbons (Fsp3) is 0.200. The summed E-state index contributed by atoms with van der Waals surface area (Å²) in [6.45, 7) is 3.12. The van der Waals surface area contributed by atoms with E-state index >= 15 is 0 Å². The Morgan fingerprint density at radius 1 is 0.742 bits per heavy atom. The minimum Gasteiger partial charge on any atom is -0.459 e. The number of carbonyl (C=O) groups excluding carboxylic acids is 4. The molecule has 2 rings (SSSR count). The largest absolute Gasteiger partial charge is 0.459 e. The molecule has 0 atom stereocenters. The maximum Gasteiger partial charge on any atom is 0.397 e. The van der Waals surface area contributed by atoms with E-state index < -0.39 is 33.6 Å². The average Bonchev–Trinajstić information content (AvgIpc) is 2.74. The van der Waals surface area contributed by atoms with Crippen molar-refractivity contribution in [3.05, 3.63) is 48.5 Å². The lowest BCUT2D eigenvalue weighted by Crippen LogP contribution is -2.25. The van der Waals surface area contributed by atoms with Crippen molar-refractivity contribution < 1.29 is 37.1 Å². The van der Waals surface area contributed by atoms with Gasteiger partial charge in [-0.05, 0) is 50.2 Å². The summed E-state index contributed by atoms with van der Waals surface area (Å²) < 4.78 is 35.1. The SMILES string of the molecule is CCOC(=O)C(=O)Nc1cccc(S(=O)(=O)c2cccc(NC(=O)C(=O)OCC)c2)c1. The number of hydrogen-bond acceptors (Lipinski definition) is 8. The van der Waals surface area contributed by atoms with Crippen LogP contribution >= 0.6 is 0 Å². The van der Waals surface area contributed by atoms with Gasteiger partial charge in [-0.2, -0.15) is 0 Å². The van der Waals surface area contributed by atoms with Crippen LogP contribution in [0.1, 0.15) is 13.8 Å². The van der Waals surface area contributed by atoms with Gasteiger partial charge in [0.2, 0.25) is 9.84 Å². The molecule has 0 saturated heterocycles. The molecule has 31 heavy (non-hydrogen) atoms. The molecule has 2 N–H and O–H groups in total. The van der Waals surface area contributed by atoms with Crippen LogP contribution in [0.5, 0.6) is 0 Å². The second kappa shape index (κ2) is 10.3. The van der Waals surface area contributed by atoms with Crippen LogP contribution in [0.3, 0.4) is 0 Å². The first kappa shape index (κ1) is 23.5. The Balaban J connectivity index is 2.26. The molecule has 0 aliphatic rings. The van der Waals surface area contributed by atoms with Gasteiger partial charge in [0.1, 0.15) is 0 Å². The third kappa shape index (κ3) is 6.12. The third-order valence-corrected chi connectivity index (χ3v) is 5.48. The molecule has 0 aliphatic carbocycles. The molecule has 11 heteroatoms. The standard InChI is InChI=1S/C20H20N2O8S/c1-3-29-19(25)17(23)21-13-7-5-9-15(11-13)31(27,28)16-10-6-8-14(12-16)22-18(24)20(26)30-4-2/h5-12H,3-4H2,1-2H3,(H,21,23)(H,22,24). The van der Waals surface area contributed by atoms with Gasteiger partial charge in [0.15, 0.2) is 0 Å². The highest BCUT2D eigenvalue weighted by molar-refractivity contribution is 7.91. The van der Waals surface area contributed by atoms with Gasteiger partial charge >= 0.3 is 23.8 Å². The molecule has 0 heterocycles. The van der Waals surface area contributed by atoms with Crippen molar-refractivity contribution in [2.24, 2.45) is 0 Å². The van der Waals surface area contributed by atoms with E-state index in [-0.39, 0.29) is 34.4 Å². The summed E-state index contributed by atoms with van der Waals surface area (Å²) in [6.07, 6.45) is 0. The molecular weight excluding hydrogens is 428 g/mol. The number of rotatable bonds is 6. The highest BCUT2D eigenvalue weighted by atomic mass is 32.2. The van der Waals surface area contributed by atoms with Crippen LogP contribution in [0.4, 0.5) is 11.4 Å². The predicted molar refractivity (Wildman–Crippen MR) is 109 cm³/mol. The van der Waals surface area contributed by atoms with E-state index in [0.29, 0.717) is 0 Å². The molecule has 2 amide bonds. The van der Waals surface area contributed by atoms with Gasteiger partial charge in [-0.25, -0.2) is 18.0 Å². The van der Waals surface area contributed by atoms with Gasteiger partial charge in [0, 0.05) is 11.4 Å². The number of nitrogens with one attached hydrogen (secondary N) is 2. The second-order valence-corrected chi connectivity index (χ2v) is 7.86. The zero-order valence-corrected chi connectivity index (χ0v) is 17.5. The first-order chi connectivity index (χ1) is 14.7. The Morgan fingerprint density at radius 2 is 1.13 bits per heavy atom. The smallest absolute Gasteiger partial charge is 0.397 e. The summed E-state index contributed by atoms with van der Waals surface area (Å²) in [7, 11) is -4.05. The summed E-state index contributed by atoms with van der Waals surface area (Å²) in [5, 5.41) is 4.53. The molecule has 0 radical (unpaired) electrons. The van der Waals surface area contributed by atoms with Gasteiger partial charge in [-0.3, -0.25) is 9.59 Å². The Kier molecular flexibility index (Phi) is 7.86. The van der Waals surface area contributed by atoms with Crippen LogP contribution in [-0.4, -0.2) is 45.4 Å². The Bertz CT molecular complexity index is 1030. The first-order valence-electron chi connectivity index (χ1n) is 9.10. The number of benzene rings is 2. The molecule has 0 aromatic heterocycles. The molecule has 2 aromatic rings. The van der Waals surface area contributed by atoms with E-state index in [1.165, 1.54) is 48.5 Å². The number of hydrogen-bond donors (Lipinski definition) is 2. The Labute approximate surface area is 178 Å². The third-order valence-electron chi connectivity index (χ3n) is 3.73. The molecule has 10 nitrogen and oxygen atoms in total. The summed E-state index contributed by atoms with van der Waals surface area (Å²) in [4.78, 5) is 46.1. The maximum absolute atomic E-state index is 13.0. The van der Waals surface area contributed by atoms with Gasteiger partial charge in [-0.15, -0.1) is 0 Å². The van der Waals surface area contributed by atoms with Crippen LogP contribution in [0, 0.1) is 0 Å². The summed E-state index contributed by atoms with van der Waals surface area (Å²) >= 11 is 0. The number of carbonyl (C=O) groups is 4. The van der Waals surface area contributed by atoms with Crippen LogP contribution in [-0.2, 0) is 38.5 Å². The van der Waals surface area contributed by atoms with Gasteiger partial charge in [0.05, 0.1) is 23.0 Å². The van der Waals surface area contributed by atoms with Crippen LogP contribution < -0.4 is 10.6 Å². The predicted octanol–water partition coefficient (Wildman–Crippen LogP) is 1.52. The van der Waals surface area contributed by atoms with Gasteiger partial charge < -0.3 is 20.1 Å². The summed E-state index contributed by atoms with van der Waals surface area (Å²) in [5.74, 6) is -4.28. The van der Waals surface area contributed by atoms with E-state index in [2.05, 4.69) is 20.1 Å². The van der Waals surface area contributed by atoms with Crippen molar-refractivity contribution in [1.29, 1.82) is 0 Å². The quantitative estimate of drug-likeness (QED) is 0.500. The monoisotopic (exact) mass is 448 g/mol. The second-order valence-electron chi connectivity index (χ2n) is 5.91. The van der Waals surface area contributed by atoms with Crippen molar-refractivity contribution in [3.63, 3.8) is 0 Å². The van der Waals surface area contributed by atoms with Crippen LogP contribution in [0.2, 0.25) is 0 Å². The molecule has 0 saturated carbocycles. The first-order valence-corrected chi connectivity index (χ1v) is 10.6. The topological polar surface area (TPSA) is 145 Å². The highest BCUT2D eigenvalue weighted by Crippen LogP contribution is 2.25. The molecular formula is C20H20N2O8S. The lowest BCUT2D eigenvalue weighted by atomic mass is 10.3. The minimum absolute atomic E-state index is 0.0176. The van der Waals surface area contributed by atoms with E-state index in [1.807, 2.05) is 0 Å². The fourth-order valence-electron chi connectivity index (χ4n) is 2.38. The van der Waals surface area contributed by atoms with Gasteiger partial charge in [-0.1, -0.05) is 12.1 Å².